The Morgan fingerprint density at radius 2 is 1.84 bits per heavy atom. The molecule has 1 saturated heterocycles. The second-order valence-electron chi connectivity index (χ2n) is 9.64. The summed E-state index contributed by atoms with van der Waals surface area (Å²) < 4.78 is 43.6. The van der Waals surface area contributed by atoms with Crippen molar-refractivity contribution in [1.82, 2.24) is 19.6 Å². The van der Waals surface area contributed by atoms with Gasteiger partial charge in [-0.25, -0.2) is 17.8 Å². The normalized spacial score (nSPS) is 15.7. The molecule has 9 heteroatoms. The summed E-state index contributed by atoms with van der Waals surface area (Å²) in [5.74, 6) is -0.0820. The van der Waals surface area contributed by atoms with Gasteiger partial charge in [0.1, 0.15) is 11.9 Å². The van der Waals surface area contributed by atoms with Crippen molar-refractivity contribution in [3.8, 4) is 11.1 Å². The van der Waals surface area contributed by atoms with Crippen molar-refractivity contribution >= 4 is 27.0 Å². The Hall–Kier alpha value is -3.56. The zero-order valence-corrected chi connectivity index (χ0v) is 21.3. The summed E-state index contributed by atoms with van der Waals surface area (Å²) in [6.07, 6.45) is 3.57. The van der Waals surface area contributed by atoms with Crippen LogP contribution in [0.2, 0.25) is 0 Å². The molecule has 2 heterocycles. The summed E-state index contributed by atoms with van der Waals surface area (Å²) in [5.41, 5.74) is 3.38. The first-order chi connectivity index (χ1) is 17.8. The quantitative estimate of drug-likeness (QED) is 0.375. The minimum Gasteiger partial charge on any atom is -0.345 e. The predicted molar refractivity (Wildman–Crippen MR) is 141 cm³/mol. The minimum atomic E-state index is -4.03. The van der Waals surface area contributed by atoms with Crippen LogP contribution in [0.3, 0.4) is 0 Å². The van der Waals surface area contributed by atoms with Crippen molar-refractivity contribution in [3.05, 3.63) is 84.4 Å². The zero-order valence-electron chi connectivity index (χ0n) is 20.5. The number of carbonyl (C=O) groups excluding carboxylic acids is 1. The number of halogens is 1. The number of sulfonamides is 1. The van der Waals surface area contributed by atoms with Gasteiger partial charge in [0, 0.05) is 18.7 Å². The number of rotatable bonds is 7. The molecule has 1 aliphatic rings. The molecule has 0 spiro atoms. The van der Waals surface area contributed by atoms with Gasteiger partial charge in [-0.05, 0) is 66.6 Å². The van der Waals surface area contributed by atoms with Gasteiger partial charge in [-0.2, -0.15) is 4.72 Å². The first kappa shape index (κ1) is 25.1. The van der Waals surface area contributed by atoms with E-state index < -0.39 is 16.1 Å². The van der Waals surface area contributed by atoms with E-state index in [4.69, 9.17) is 0 Å². The average molecular weight is 521 g/mol. The lowest BCUT2D eigenvalue weighted by atomic mass is 9.98. The van der Waals surface area contributed by atoms with Crippen molar-refractivity contribution in [2.24, 2.45) is 5.92 Å². The average Bonchev–Trinajstić information content (AvgIpc) is 3.37. The van der Waals surface area contributed by atoms with Gasteiger partial charge in [0.05, 0.1) is 22.3 Å². The number of imidazole rings is 1. The molecule has 3 aromatic carbocycles. The topological polar surface area (TPSA) is 95.2 Å². The number of nitrogens with zero attached hydrogens (tertiary/aromatic N) is 2. The fourth-order valence-corrected chi connectivity index (χ4v) is 5.92. The highest BCUT2D eigenvalue weighted by atomic mass is 32.2. The summed E-state index contributed by atoms with van der Waals surface area (Å²) in [7, 11) is -4.03. The van der Waals surface area contributed by atoms with E-state index in [1.165, 1.54) is 18.2 Å². The van der Waals surface area contributed by atoms with Crippen LogP contribution in [0.15, 0.2) is 78.0 Å². The van der Waals surface area contributed by atoms with E-state index in [2.05, 4.69) is 21.6 Å². The number of amides is 1. The number of aromatic amines is 1. The lowest BCUT2D eigenvalue weighted by molar-refractivity contribution is -0.134. The Balaban J connectivity index is 1.40. The Labute approximate surface area is 215 Å². The number of hydrogen-bond acceptors (Lipinski definition) is 4. The van der Waals surface area contributed by atoms with Crippen molar-refractivity contribution in [2.45, 2.75) is 37.1 Å². The number of H-pyrrole nitrogens is 1. The third-order valence-electron chi connectivity index (χ3n) is 6.97. The van der Waals surface area contributed by atoms with Gasteiger partial charge in [0.25, 0.3) is 0 Å². The van der Waals surface area contributed by atoms with Gasteiger partial charge in [-0.1, -0.05) is 43.3 Å². The molecule has 5 rings (SSSR count). The molecule has 1 unspecified atom stereocenters. The van der Waals surface area contributed by atoms with Crippen LogP contribution in [0.25, 0.3) is 22.2 Å². The van der Waals surface area contributed by atoms with E-state index in [1.54, 1.807) is 41.6 Å². The molecule has 7 nitrogen and oxygen atoms in total. The Morgan fingerprint density at radius 3 is 2.57 bits per heavy atom. The largest absolute Gasteiger partial charge is 0.345 e. The smallest absolute Gasteiger partial charge is 0.241 e. The van der Waals surface area contributed by atoms with Crippen molar-refractivity contribution < 1.29 is 17.6 Å². The number of hydrogen-bond donors (Lipinski definition) is 2. The Morgan fingerprint density at radius 1 is 1.11 bits per heavy atom. The number of benzene rings is 3. The van der Waals surface area contributed by atoms with Crippen molar-refractivity contribution in [1.29, 1.82) is 0 Å². The van der Waals surface area contributed by atoms with E-state index in [1.807, 2.05) is 18.2 Å². The molecule has 4 aromatic rings. The van der Waals surface area contributed by atoms with Gasteiger partial charge in [0.15, 0.2) is 0 Å². The standard InChI is InChI=1S/C28H29FN4O3S/c1-19-12-14-33(15-13-19)28(34)27(17-20-6-11-25-26(16-20)31-18-30-25)32-37(35,36)22-9-7-21(8-10-22)23-4-2-3-5-24(23)29/h2-11,16,18-19,27,32H,12-15,17H2,1H3,(H,30,31). The lowest BCUT2D eigenvalue weighted by Crippen LogP contribution is -2.51. The monoisotopic (exact) mass is 520 g/mol. The SMILES string of the molecule is CC1CCN(C(=O)C(Cc2ccc3[nH]cnc3c2)NS(=O)(=O)c2ccc(-c3ccccc3F)cc2)CC1. The molecule has 2 N–H and O–H groups in total. The molecule has 0 bridgehead atoms. The van der Waals surface area contributed by atoms with Crippen LogP contribution in [0.5, 0.6) is 0 Å². The summed E-state index contributed by atoms with van der Waals surface area (Å²) in [6, 6.07) is 17.0. The fourth-order valence-electron chi connectivity index (χ4n) is 4.73. The van der Waals surface area contributed by atoms with Crippen LogP contribution in [0.4, 0.5) is 4.39 Å². The first-order valence-corrected chi connectivity index (χ1v) is 13.9. The number of nitrogens with one attached hydrogen (secondary N) is 2. The highest BCUT2D eigenvalue weighted by molar-refractivity contribution is 7.89. The van der Waals surface area contributed by atoms with Gasteiger partial charge < -0.3 is 9.88 Å². The molecule has 37 heavy (non-hydrogen) atoms. The highest BCUT2D eigenvalue weighted by Gasteiger charge is 2.31. The fraction of sp³-hybridized carbons (Fsp3) is 0.286. The maximum absolute atomic E-state index is 14.2. The number of likely N-dealkylation sites (tertiary alicyclic amines) is 1. The molecule has 192 valence electrons. The van der Waals surface area contributed by atoms with E-state index in [0.29, 0.717) is 30.1 Å². The molecular weight excluding hydrogens is 491 g/mol. The van der Waals surface area contributed by atoms with Crippen LogP contribution in [0.1, 0.15) is 25.3 Å². The third kappa shape index (κ3) is 5.57. The Bertz CT molecular complexity index is 1510. The molecule has 1 atom stereocenters. The van der Waals surface area contributed by atoms with Gasteiger partial charge in [-0.15, -0.1) is 0 Å². The summed E-state index contributed by atoms with van der Waals surface area (Å²) >= 11 is 0. The van der Waals surface area contributed by atoms with Crippen LogP contribution in [-0.4, -0.2) is 48.3 Å². The number of carbonyl (C=O) groups is 1. The van der Waals surface area contributed by atoms with E-state index >= 15 is 0 Å². The number of aromatic nitrogens is 2. The van der Waals surface area contributed by atoms with Crippen LogP contribution >= 0.6 is 0 Å². The number of fused-ring (bicyclic) bond motifs is 1. The van der Waals surface area contributed by atoms with E-state index in [0.717, 1.165) is 29.4 Å². The van der Waals surface area contributed by atoms with Gasteiger partial charge >= 0.3 is 0 Å². The maximum Gasteiger partial charge on any atom is 0.241 e. The van der Waals surface area contributed by atoms with Crippen molar-refractivity contribution in [2.75, 3.05) is 13.1 Å². The molecule has 1 amide bonds. The highest BCUT2D eigenvalue weighted by Crippen LogP contribution is 2.25. The predicted octanol–water partition coefficient (Wildman–Crippen LogP) is 4.52. The second kappa shape index (κ2) is 10.4. The zero-order chi connectivity index (χ0) is 26.0. The van der Waals surface area contributed by atoms with Gasteiger partial charge in [-0.3, -0.25) is 4.79 Å². The Kier molecular flexibility index (Phi) is 7.08. The lowest BCUT2D eigenvalue weighted by Gasteiger charge is -2.33. The van der Waals surface area contributed by atoms with Crippen LogP contribution in [-0.2, 0) is 21.2 Å². The summed E-state index contributed by atoms with van der Waals surface area (Å²) in [4.78, 5) is 22.6. The third-order valence-corrected chi connectivity index (χ3v) is 8.45. The van der Waals surface area contributed by atoms with Crippen LogP contribution < -0.4 is 4.72 Å². The molecule has 0 radical (unpaired) electrons. The van der Waals surface area contributed by atoms with Crippen LogP contribution in [0, 0.1) is 11.7 Å². The second-order valence-corrected chi connectivity index (χ2v) is 11.4. The number of piperidine rings is 1. The molecule has 1 aromatic heterocycles. The summed E-state index contributed by atoms with van der Waals surface area (Å²) in [5, 5.41) is 0. The van der Waals surface area contributed by atoms with Crippen molar-refractivity contribution in [3.63, 3.8) is 0 Å². The van der Waals surface area contributed by atoms with Gasteiger partial charge in [0.2, 0.25) is 15.9 Å². The molecule has 0 saturated carbocycles. The van der Waals surface area contributed by atoms with E-state index in [9.17, 15) is 17.6 Å². The minimum absolute atomic E-state index is 0.0143. The molecule has 1 aliphatic heterocycles. The molecule has 1 fully saturated rings. The summed E-state index contributed by atoms with van der Waals surface area (Å²) in [6.45, 7) is 3.37. The van der Waals surface area contributed by atoms with E-state index in [-0.39, 0.29) is 23.0 Å². The maximum atomic E-state index is 14.2. The molecular formula is C28H29FN4O3S. The molecule has 0 aliphatic carbocycles. The first-order valence-electron chi connectivity index (χ1n) is 12.4.